The summed E-state index contributed by atoms with van der Waals surface area (Å²) in [7, 11) is 0. The summed E-state index contributed by atoms with van der Waals surface area (Å²) in [5.74, 6) is -0.413. The van der Waals surface area contributed by atoms with E-state index in [9.17, 15) is 4.79 Å². The summed E-state index contributed by atoms with van der Waals surface area (Å²) >= 11 is 0. The van der Waals surface area contributed by atoms with Gasteiger partial charge < -0.3 is 5.73 Å². The maximum atomic E-state index is 11.1. The molecule has 2 rings (SSSR count). The number of benzene rings is 1. The Labute approximate surface area is 87.1 Å². The molecule has 1 heterocycles. The Bertz CT molecular complexity index is 489. The van der Waals surface area contributed by atoms with Crippen LogP contribution in [0.1, 0.15) is 15.9 Å². The summed E-state index contributed by atoms with van der Waals surface area (Å²) in [6, 6.07) is 5.52. The van der Waals surface area contributed by atoms with Crippen molar-refractivity contribution in [3.63, 3.8) is 0 Å². The molecule has 0 unspecified atom stereocenters. The van der Waals surface area contributed by atoms with Gasteiger partial charge in [0.05, 0.1) is 6.20 Å². The minimum absolute atomic E-state index is 0.413. The number of hydrogen-bond donors (Lipinski definition) is 2. The number of amides is 1. The van der Waals surface area contributed by atoms with Crippen molar-refractivity contribution in [3.8, 4) is 11.1 Å². The number of hydrogen-bond acceptors (Lipinski definition) is 2. The normalized spacial score (nSPS) is 10.2. The van der Waals surface area contributed by atoms with Gasteiger partial charge in [0, 0.05) is 17.3 Å². The van der Waals surface area contributed by atoms with Crippen LogP contribution in [0.2, 0.25) is 0 Å². The Hall–Kier alpha value is -2.10. The van der Waals surface area contributed by atoms with Gasteiger partial charge in [-0.1, -0.05) is 6.07 Å². The molecule has 76 valence electrons. The fraction of sp³-hybridized carbons (Fsp3) is 0.0909. The van der Waals surface area contributed by atoms with Crippen molar-refractivity contribution in [2.75, 3.05) is 0 Å². The molecule has 1 aromatic carbocycles. The average molecular weight is 201 g/mol. The predicted octanol–water partition coefficient (Wildman–Crippen LogP) is 1.48. The molecule has 4 heteroatoms. The molecule has 2 aromatic rings. The van der Waals surface area contributed by atoms with Gasteiger partial charge in [-0.3, -0.25) is 9.89 Å². The molecule has 0 aliphatic rings. The number of H-pyrrole nitrogens is 1. The lowest BCUT2D eigenvalue weighted by molar-refractivity contribution is 0.100. The van der Waals surface area contributed by atoms with Gasteiger partial charge in [0.15, 0.2) is 0 Å². The van der Waals surface area contributed by atoms with Gasteiger partial charge in [-0.2, -0.15) is 5.10 Å². The molecule has 0 saturated heterocycles. The van der Waals surface area contributed by atoms with Crippen LogP contribution in [0.3, 0.4) is 0 Å². The van der Waals surface area contributed by atoms with E-state index >= 15 is 0 Å². The average Bonchev–Trinajstić information content (AvgIpc) is 2.69. The van der Waals surface area contributed by atoms with Crippen LogP contribution in [0.15, 0.2) is 30.6 Å². The molecular weight excluding hydrogens is 190 g/mol. The summed E-state index contributed by atoms with van der Waals surface area (Å²) in [6.45, 7) is 1.93. The lowest BCUT2D eigenvalue weighted by Crippen LogP contribution is -2.11. The van der Waals surface area contributed by atoms with Crippen LogP contribution >= 0.6 is 0 Å². The van der Waals surface area contributed by atoms with Gasteiger partial charge in [-0.05, 0) is 30.2 Å². The van der Waals surface area contributed by atoms with Crippen LogP contribution in [-0.2, 0) is 0 Å². The van der Waals surface area contributed by atoms with Crippen LogP contribution in [0.25, 0.3) is 11.1 Å². The Kier molecular flexibility index (Phi) is 2.25. The first-order chi connectivity index (χ1) is 7.16. The van der Waals surface area contributed by atoms with Crippen LogP contribution in [0, 0.1) is 6.92 Å². The number of nitrogens with one attached hydrogen (secondary N) is 1. The standard InChI is InChI=1S/C11H11N3O/c1-7-2-8(10-5-13-14-6-10)4-9(3-7)11(12)15/h2-6H,1H3,(H2,12,15)(H,13,14). The van der Waals surface area contributed by atoms with E-state index in [2.05, 4.69) is 10.2 Å². The predicted molar refractivity (Wildman–Crippen MR) is 57.3 cm³/mol. The first kappa shape index (κ1) is 9.45. The van der Waals surface area contributed by atoms with Crippen LogP contribution in [0.4, 0.5) is 0 Å². The van der Waals surface area contributed by atoms with E-state index in [1.54, 1.807) is 24.5 Å². The highest BCUT2D eigenvalue weighted by Crippen LogP contribution is 2.20. The number of aromatic nitrogens is 2. The molecule has 0 fully saturated rings. The molecule has 4 nitrogen and oxygen atoms in total. The fourth-order valence-electron chi connectivity index (χ4n) is 1.50. The fourth-order valence-corrected chi connectivity index (χ4v) is 1.50. The van der Waals surface area contributed by atoms with Crippen LogP contribution in [0.5, 0.6) is 0 Å². The first-order valence-corrected chi connectivity index (χ1v) is 4.57. The molecule has 1 aromatic heterocycles. The van der Waals surface area contributed by atoms with Gasteiger partial charge in [0.1, 0.15) is 0 Å². The van der Waals surface area contributed by atoms with Crippen molar-refractivity contribution in [3.05, 3.63) is 41.7 Å². The van der Waals surface area contributed by atoms with Crippen molar-refractivity contribution in [1.29, 1.82) is 0 Å². The molecule has 1 amide bonds. The SMILES string of the molecule is Cc1cc(C(N)=O)cc(-c2cn[nH]c2)c1. The van der Waals surface area contributed by atoms with E-state index in [1.807, 2.05) is 13.0 Å². The molecule has 3 N–H and O–H groups in total. The van der Waals surface area contributed by atoms with Gasteiger partial charge >= 0.3 is 0 Å². The smallest absolute Gasteiger partial charge is 0.248 e. The van der Waals surface area contributed by atoms with Crippen molar-refractivity contribution in [2.45, 2.75) is 6.92 Å². The number of aromatic amines is 1. The maximum absolute atomic E-state index is 11.1. The zero-order chi connectivity index (χ0) is 10.8. The zero-order valence-corrected chi connectivity index (χ0v) is 8.32. The molecule has 0 bridgehead atoms. The molecule has 0 atom stereocenters. The Balaban J connectivity index is 2.54. The van der Waals surface area contributed by atoms with E-state index < -0.39 is 5.91 Å². The quantitative estimate of drug-likeness (QED) is 0.772. The third-order valence-electron chi connectivity index (χ3n) is 2.19. The topological polar surface area (TPSA) is 71.8 Å². The number of carbonyl (C=O) groups is 1. The zero-order valence-electron chi connectivity index (χ0n) is 8.32. The highest BCUT2D eigenvalue weighted by molar-refractivity contribution is 5.94. The molecule has 0 spiro atoms. The van der Waals surface area contributed by atoms with Gasteiger partial charge in [0.25, 0.3) is 0 Å². The van der Waals surface area contributed by atoms with Crippen molar-refractivity contribution in [1.82, 2.24) is 10.2 Å². The second-order valence-corrected chi connectivity index (χ2v) is 3.44. The van der Waals surface area contributed by atoms with Crippen molar-refractivity contribution < 1.29 is 4.79 Å². The lowest BCUT2D eigenvalue weighted by atomic mass is 10.0. The summed E-state index contributed by atoms with van der Waals surface area (Å²) in [5.41, 5.74) is 8.65. The number of aryl methyl sites for hydroxylation is 1. The van der Waals surface area contributed by atoms with E-state index in [0.29, 0.717) is 5.56 Å². The number of rotatable bonds is 2. The first-order valence-electron chi connectivity index (χ1n) is 4.57. The Morgan fingerprint density at radius 2 is 2.13 bits per heavy atom. The molecule has 0 saturated carbocycles. The molecule has 0 aliphatic carbocycles. The highest BCUT2D eigenvalue weighted by Gasteiger charge is 2.05. The van der Waals surface area contributed by atoms with Crippen LogP contribution in [-0.4, -0.2) is 16.1 Å². The summed E-state index contributed by atoms with van der Waals surface area (Å²) in [4.78, 5) is 11.1. The number of nitrogens with zero attached hydrogens (tertiary/aromatic N) is 1. The number of carbonyl (C=O) groups excluding carboxylic acids is 1. The monoisotopic (exact) mass is 201 g/mol. The van der Waals surface area contributed by atoms with Gasteiger partial charge in [0.2, 0.25) is 5.91 Å². The lowest BCUT2D eigenvalue weighted by Gasteiger charge is -2.02. The molecule has 0 radical (unpaired) electrons. The largest absolute Gasteiger partial charge is 0.366 e. The Morgan fingerprint density at radius 3 is 2.73 bits per heavy atom. The van der Waals surface area contributed by atoms with E-state index in [4.69, 9.17) is 5.73 Å². The third-order valence-corrected chi connectivity index (χ3v) is 2.19. The third kappa shape index (κ3) is 1.88. The molecule has 0 aliphatic heterocycles. The second-order valence-electron chi connectivity index (χ2n) is 3.44. The summed E-state index contributed by atoms with van der Waals surface area (Å²) in [5, 5.41) is 6.59. The number of nitrogens with two attached hydrogens (primary N) is 1. The molecular formula is C11H11N3O. The minimum Gasteiger partial charge on any atom is -0.366 e. The molecule has 15 heavy (non-hydrogen) atoms. The minimum atomic E-state index is -0.413. The maximum Gasteiger partial charge on any atom is 0.248 e. The van der Waals surface area contributed by atoms with E-state index in [1.165, 1.54) is 0 Å². The van der Waals surface area contributed by atoms with Crippen LogP contribution < -0.4 is 5.73 Å². The highest BCUT2D eigenvalue weighted by atomic mass is 16.1. The second kappa shape index (κ2) is 3.57. The van der Waals surface area contributed by atoms with Crippen molar-refractivity contribution >= 4 is 5.91 Å². The van der Waals surface area contributed by atoms with E-state index in [-0.39, 0.29) is 0 Å². The van der Waals surface area contributed by atoms with Gasteiger partial charge in [-0.15, -0.1) is 0 Å². The summed E-state index contributed by atoms with van der Waals surface area (Å²) in [6.07, 6.45) is 3.49. The van der Waals surface area contributed by atoms with Crippen molar-refractivity contribution in [2.24, 2.45) is 5.73 Å². The van der Waals surface area contributed by atoms with E-state index in [0.717, 1.165) is 16.7 Å². The van der Waals surface area contributed by atoms with Gasteiger partial charge in [-0.25, -0.2) is 0 Å². The number of primary amides is 1. The Morgan fingerprint density at radius 1 is 1.33 bits per heavy atom. The summed E-state index contributed by atoms with van der Waals surface area (Å²) < 4.78 is 0.